The summed E-state index contributed by atoms with van der Waals surface area (Å²) in [4.78, 5) is 27.5. The molecule has 2 amide bonds. The fraction of sp³-hybridized carbons (Fsp3) is 0.462. The van der Waals surface area contributed by atoms with Crippen LogP contribution in [0.4, 0.5) is 4.79 Å². The number of hydrogen-bond donors (Lipinski definition) is 0. The van der Waals surface area contributed by atoms with Gasteiger partial charge in [0.2, 0.25) is 5.91 Å². The molecule has 2 aromatic rings. The second kappa shape index (κ2) is 9.20. The molecule has 0 aromatic heterocycles. The summed E-state index contributed by atoms with van der Waals surface area (Å²) in [5, 5.41) is 0.0220. The first kappa shape index (κ1) is 24.2. The minimum atomic E-state index is -1.06. The van der Waals surface area contributed by atoms with E-state index in [1.54, 1.807) is 0 Å². The van der Waals surface area contributed by atoms with Crippen molar-refractivity contribution in [2.24, 2.45) is 0 Å². The summed E-state index contributed by atoms with van der Waals surface area (Å²) >= 11 is 0. The van der Waals surface area contributed by atoms with Gasteiger partial charge in [0.1, 0.15) is 11.2 Å². The lowest BCUT2D eigenvalue weighted by molar-refractivity contribution is -0.130. The van der Waals surface area contributed by atoms with Crippen LogP contribution in [-0.2, 0) is 19.6 Å². The van der Waals surface area contributed by atoms with Gasteiger partial charge < -0.3 is 9.16 Å². The number of rotatable bonds is 5. The lowest BCUT2D eigenvalue weighted by Gasteiger charge is -2.44. The lowest BCUT2D eigenvalue weighted by Crippen LogP contribution is -2.54. The highest BCUT2D eigenvalue weighted by Crippen LogP contribution is 2.45. The predicted octanol–water partition coefficient (Wildman–Crippen LogP) is 5.18. The molecule has 1 aliphatic rings. The molecule has 0 spiro atoms. The van der Waals surface area contributed by atoms with Crippen LogP contribution in [0.3, 0.4) is 0 Å². The number of carbonyl (C=O) groups excluding carboxylic acids is 2. The van der Waals surface area contributed by atoms with Crippen LogP contribution in [0.1, 0.15) is 65.5 Å². The fourth-order valence-corrected chi connectivity index (χ4v) is 5.31. The Balaban J connectivity index is 2.20. The van der Waals surface area contributed by atoms with E-state index in [1.807, 2.05) is 81.4 Å². The topological polar surface area (TPSA) is 55.8 Å². The fourth-order valence-electron chi connectivity index (χ4n) is 4.12. The summed E-state index contributed by atoms with van der Waals surface area (Å²) in [6.07, 6.45) is 0.189. The van der Waals surface area contributed by atoms with Crippen molar-refractivity contribution in [3.63, 3.8) is 0 Å². The highest BCUT2D eigenvalue weighted by molar-refractivity contribution is 6.32. The molecule has 1 heterocycles. The van der Waals surface area contributed by atoms with E-state index in [4.69, 9.17) is 9.16 Å². The van der Waals surface area contributed by atoms with Gasteiger partial charge in [-0.3, -0.25) is 4.79 Å². The molecule has 0 aliphatic carbocycles. The third kappa shape index (κ3) is 5.30. The smallest absolute Gasteiger partial charge is 0.417 e. The lowest BCUT2D eigenvalue weighted by atomic mass is 9.79. The summed E-state index contributed by atoms with van der Waals surface area (Å²) in [6, 6.07) is 19.4. The number of ether oxygens (including phenoxy) is 1. The van der Waals surface area contributed by atoms with E-state index in [1.165, 1.54) is 4.90 Å². The molecule has 0 unspecified atom stereocenters. The SMILES string of the molecule is CC(C)(C)OC(=O)N1C(=O)CC[C@H]1C(O[SiH2]C(C)(C)C)(c1ccccc1)c1ccccc1. The van der Waals surface area contributed by atoms with Crippen molar-refractivity contribution in [2.75, 3.05) is 0 Å². The van der Waals surface area contributed by atoms with E-state index >= 15 is 0 Å². The molecular weight excluding hydrogens is 418 g/mol. The number of likely N-dealkylation sites (tertiary alicyclic amines) is 1. The zero-order valence-electron chi connectivity index (χ0n) is 20.1. The molecule has 2 aromatic carbocycles. The Morgan fingerprint density at radius 3 is 1.84 bits per heavy atom. The van der Waals surface area contributed by atoms with E-state index in [0.717, 1.165) is 11.1 Å². The van der Waals surface area contributed by atoms with Crippen molar-refractivity contribution in [3.8, 4) is 0 Å². The molecule has 1 fully saturated rings. The molecule has 172 valence electrons. The number of nitrogens with zero attached hydrogens (tertiary/aromatic N) is 1. The van der Waals surface area contributed by atoms with E-state index in [9.17, 15) is 9.59 Å². The maximum Gasteiger partial charge on any atom is 0.417 e. The van der Waals surface area contributed by atoms with Gasteiger partial charge in [-0.1, -0.05) is 81.4 Å². The molecule has 5 nitrogen and oxygen atoms in total. The molecule has 1 saturated heterocycles. The zero-order valence-corrected chi connectivity index (χ0v) is 21.5. The summed E-state index contributed by atoms with van der Waals surface area (Å²) in [5.74, 6) is -0.221. The van der Waals surface area contributed by atoms with E-state index in [0.29, 0.717) is 6.42 Å². The third-order valence-electron chi connectivity index (χ3n) is 5.41. The van der Waals surface area contributed by atoms with Crippen molar-refractivity contribution < 1.29 is 18.8 Å². The quantitative estimate of drug-likeness (QED) is 0.586. The minimum absolute atomic E-state index is 0.0220. The second-order valence-electron chi connectivity index (χ2n) is 10.6. The van der Waals surface area contributed by atoms with Crippen molar-refractivity contribution in [2.45, 2.75) is 76.7 Å². The van der Waals surface area contributed by atoms with Gasteiger partial charge in [0, 0.05) is 6.42 Å². The summed E-state index contributed by atoms with van der Waals surface area (Å²) in [6.45, 7) is 11.9. The molecule has 0 saturated carbocycles. The number of imide groups is 1. The van der Waals surface area contributed by atoms with Crippen LogP contribution in [0.5, 0.6) is 0 Å². The maximum atomic E-state index is 13.2. The van der Waals surface area contributed by atoms with Gasteiger partial charge in [0.15, 0.2) is 9.76 Å². The highest BCUT2D eigenvalue weighted by Gasteiger charge is 2.53. The Morgan fingerprint density at radius 2 is 1.41 bits per heavy atom. The van der Waals surface area contributed by atoms with Gasteiger partial charge in [0.05, 0.1) is 6.04 Å². The van der Waals surface area contributed by atoms with Crippen molar-refractivity contribution in [1.82, 2.24) is 4.90 Å². The van der Waals surface area contributed by atoms with Crippen LogP contribution < -0.4 is 0 Å². The Kier molecular flexibility index (Phi) is 6.96. The third-order valence-corrected chi connectivity index (χ3v) is 6.88. The second-order valence-corrected chi connectivity index (χ2v) is 13.3. The Hall–Kier alpha value is -2.44. The molecule has 6 heteroatoms. The summed E-state index contributed by atoms with van der Waals surface area (Å²) in [5.41, 5.74) is 0.228. The Labute approximate surface area is 194 Å². The minimum Gasteiger partial charge on any atom is -0.443 e. The average Bonchev–Trinajstić information content (AvgIpc) is 3.10. The van der Waals surface area contributed by atoms with Crippen LogP contribution in [-0.4, -0.2) is 38.3 Å². The Morgan fingerprint density at radius 1 is 0.906 bits per heavy atom. The highest BCUT2D eigenvalue weighted by atomic mass is 28.2. The number of benzene rings is 2. The number of hydrogen-bond acceptors (Lipinski definition) is 4. The summed E-state index contributed by atoms with van der Waals surface area (Å²) in [7, 11) is -1.06. The molecule has 0 radical (unpaired) electrons. The molecular formula is C26H35NO4Si. The van der Waals surface area contributed by atoms with Crippen LogP contribution in [0.25, 0.3) is 0 Å². The Bertz CT molecular complexity index is 892. The van der Waals surface area contributed by atoms with Gasteiger partial charge in [-0.05, 0) is 43.4 Å². The first-order valence-electron chi connectivity index (χ1n) is 11.2. The molecule has 0 bridgehead atoms. The van der Waals surface area contributed by atoms with E-state index < -0.39 is 33.1 Å². The molecule has 0 N–H and O–H groups in total. The molecule has 3 rings (SSSR count). The zero-order chi connectivity index (χ0) is 23.6. The average molecular weight is 454 g/mol. The van der Waals surface area contributed by atoms with Gasteiger partial charge in [-0.2, -0.15) is 0 Å². The van der Waals surface area contributed by atoms with Crippen LogP contribution in [0, 0.1) is 0 Å². The monoisotopic (exact) mass is 453 g/mol. The van der Waals surface area contributed by atoms with Gasteiger partial charge in [0.25, 0.3) is 0 Å². The first-order valence-corrected chi connectivity index (χ1v) is 12.5. The molecule has 32 heavy (non-hydrogen) atoms. The summed E-state index contributed by atoms with van der Waals surface area (Å²) < 4.78 is 12.6. The predicted molar refractivity (Wildman–Crippen MR) is 129 cm³/mol. The van der Waals surface area contributed by atoms with E-state index in [2.05, 4.69) is 20.8 Å². The molecule has 1 atom stereocenters. The normalized spacial score (nSPS) is 17.9. The number of carbonyl (C=O) groups is 2. The standard InChI is InChI=1S/C26H35NO4Si/c1-24(2,3)30-23(29)27-21(17-18-22(27)28)26(31-32-25(4,5)6,19-13-9-7-10-14-19)20-15-11-8-12-16-20/h7-16,21H,17-18,32H2,1-6H3/t21-/m0/s1. The largest absolute Gasteiger partial charge is 0.443 e. The van der Waals surface area contributed by atoms with Gasteiger partial charge >= 0.3 is 6.09 Å². The van der Waals surface area contributed by atoms with E-state index in [-0.39, 0.29) is 17.4 Å². The number of amides is 2. The first-order chi connectivity index (χ1) is 14.9. The van der Waals surface area contributed by atoms with Crippen LogP contribution in [0.15, 0.2) is 60.7 Å². The van der Waals surface area contributed by atoms with Gasteiger partial charge in [-0.25, -0.2) is 9.69 Å². The van der Waals surface area contributed by atoms with Crippen molar-refractivity contribution in [1.29, 1.82) is 0 Å². The van der Waals surface area contributed by atoms with Gasteiger partial charge in [-0.15, -0.1) is 0 Å². The van der Waals surface area contributed by atoms with Crippen molar-refractivity contribution in [3.05, 3.63) is 71.8 Å². The van der Waals surface area contributed by atoms with Crippen LogP contribution >= 0.6 is 0 Å². The van der Waals surface area contributed by atoms with Crippen LogP contribution in [0.2, 0.25) is 5.04 Å². The van der Waals surface area contributed by atoms with Crippen molar-refractivity contribution >= 4 is 21.8 Å². The molecule has 1 aliphatic heterocycles. The maximum absolute atomic E-state index is 13.2.